The number of carbonyl (C=O) groups excluding carboxylic acids is 1. The van der Waals surface area contributed by atoms with Crippen molar-refractivity contribution >= 4 is 17.2 Å². The van der Waals surface area contributed by atoms with E-state index in [0.29, 0.717) is 30.8 Å². The Morgan fingerprint density at radius 3 is 2.44 bits per heavy atom. The molecule has 136 valence electrons. The lowest BCUT2D eigenvalue weighted by Crippen LogP contribution is -2.42. The van der Waals surface area contributed by atoms with Gasteiger partial charge in [0, 0.05) is 36.1 Å². The number of ether oxygens (including phenoxy) is 1. The van der Waals surface area contributed by atoms with Gasteiger partial charge in [0.25, 0.3) is 5.91 Å². The molecule has 6 heteroatoms. The highest BCUT2D eigenvalue weighted by molar-refractivity contribution is 7.07. The van der Waals surface area contributed by atoms with Crippen LogP contribution in [0.4, 0.5) is 0 Å². The predicted molar refractivity (Wildman–Crippen MR) is 102 cm³/mol. The van der Waals surface area contributed by atoms with Crippen molar-refractivity contribution in [2.24, 2.45) is 0 Å². The third kappa shape index (κ3) is 6.14. The van der Waals surface area contributed by atoms with Gasteiger partial charge in [-0.1, -0.05) is 0 Å². The lowest BCUT2D eigenvalue weighted by molar-refractivity contribution is 0.0939. The smallest absolute Gasteiger partial charge is 0.251 e. The van der Waals surface area contributed by atoms with Crippen LogP contribution in [0.2, 0.25) is 0 Å². The molecule has 1 aromatic heterocycles. The molecular weight excluding hydrogens is 334 g/mol. The average molecular weight is 362 g/mol. The van der Waals surface area contributed by atoms with Crippen LogP contribution in [0.15, 0.2) is 35.2 Å². The van der Waals surface area contributed by atoms with E-state index in [1.807, 2.05) is 17.5 Å². The van der Waals surface area contributed by atoms with Crippen molar-refractivity contribution in [1.82, 2.24) is 15.2 Å². The third-order valence-electron chi connectivity index (χ3n) is 3.97. The van der Waals surface area contributed by atoms with Crippen molar-refractivity contribution in [3.05, 3.63) is 46.4 Å². The molecule has 2 aromatic rings. The second-order valence-corrected chi connectivity index (χ2v) is 7.19. The van der Waals surface area contributed by atoms with E-state index in [-0.39, 0.29) is 5.91 Å². The summed E-state index contributed by atoms with van der Waals surface area (Å²) in [6, 6.07) is 8.13. The second kappa shape index (κ2) is 9.53. The molecule has 0 aliphatic rings. The van der Waals surface area contributed by atoms with E-state index in [0.717, 1.165) is 18.0 Å². The predicted octanol–water partition coefficient (Wildman–Crippen LogP) is 3.57. The molecular formula is C19H27N3O2S. The van der Waals surface area contributed by atoms with Crippen LogP contribution in [0.5, 0.6) is 5.75 Å². The van der Waals surface area contributed by atoms with Gasteiger partial charge in [0.05, 0.1) is 11.2 Å². The largest absolute Gasteiger partial charge is 0.487 e. The molecule has 5 nitrogen and oxygen atoms in total. The minimum absolute atomic E-state index is 0.0569. The highest BCUT2D eigenvalue weighted by Crippen LogP contribution is 2.14. The van der Waals surface area contributed by atoms with E-state index >= 15 is 0 Å². The Kier molecular flexibility index (Phi) is 7.40. The molecule has 2 rings (SSSR count). The van der Waals surface area contributed by atoms with Crippen molar-refractivity contribution in [3.8, 4) is 5.75 Å². The number of aromatic nitrogens is 1. The summed E-state index contributed by atoms with van der Waals surface area (Å²) >= 11 is 1.55. The van der Waals surface area contributed by atoms with Gasteiger partial charge < -0.3 is 10.1 Å². The average Bonchev–Trinajstić information content (AvgIpc) is 3.10. The van der Waals surface area contributed by atoms with Gasteiger partial charge in [0.1, 0.15) is 12.4 Å². The lowest BCUT2D eigenvalue weighted by Gasteiger charge is -2.30. The van der Waals surface area contributed by atoms with Gasteiger partial charge in [0.2, 0.25) is 0 Å². The molecule has 1 N–H and O–H groups in total. The van der Waals surface area contributed by atoms with Gasteiger partial charge in [-0.25, -0.2) is 4.98 Å². The Bertz CT molecular complexity index is 631. The van der Waals surface area contributed by atoms with Gasteiger partial charge in [-0.2, -0.15) is 0 Å². The number of hydrogen-bond donors (Lipinski definition) is 1. The molecule has 25 heavy (non-hydrogen) atoms. The molecule has 0 unspecified atom stereocenters. The van der Waals surface area contributed by atoms with Crippen LogP contribution in [0.25, 0.3) is 0 Å². The summed E-state index contributed by atoms with van der Waals surface area (Å²) in [6.07, 6.45) is 0. The second-order valence-electron chi connectivity index (χ2n) is 6.47. The van der Waals surface area contributed by atoms with E-state index < -0.39 is 0 Å². The van der Waals surface area contributed by atoms with E-state index in [9.17, 15) is 4.79 Å². The topological polar surface area (TPSA) is 54.5 Å². The number of benzene rings is 1. The summed E-state index contributed by atoms with van der Waals surface area (Å²) in [5, 5.41) is 4.94. The van der Waals surface area contributed by atoms with Crippen LogP contribution >= 0.6 is 11.3 Å². The zero-order chi connectivity index (χ0) is 18.2. The van der Waals surface area contributed by atoms with Gasteiger partial charge >= 0.3 is 0 Å². The number of amides is 1. The van der Waals surface area contributed by atoms with Gasteiger partial charge in [-0.3, -0.25) is 9.69 Å². The quantitative estimate of drug-likeness (QED) is 0.742. The van der Waals surface area contributed by atoms with Gasteiger partial charge in [-0.15, -0.1) is 11.3 Å². The molecule has 0 aliphatic heterocycles. The maximum Gasteiger partial charge on any atom is 0.251 e. The summed E-state index contributed by atoms with van der Waals surface area (Å²) in [5.74, 6) is 0.675. The molecule has 0 radical (unpaired) electrons. The Labute approximate surface area is 154 Å². The molecule has 0 saturated carbocycles. The third-order valence-corrected chi connectivity index (χ3v) is 4.60. The molecule has 0 aliphatic carbocycles. The summed E-state index contributed by atoms with van der Waals surface area (Å²) in [5.41, 5.74) is 3.33. The van der Waals surface area contributed by atoms with Crippen LogP contribution in [-0.2, 0) is 6.61 Å². The molecule has 1 amide bonds. The zero-order valence-corrected chi connectivity index (χ0v) is 16.2. The van der Waals surface area contributed by atoms with Crippen LogP contribution in [0, 0.1) is 0 Å². The standard InChI is InChI=1S/C19H27N3O2S/c1-14(2)22(15(3)4)10-9-20-19(23)16-5-7-18(8-6-16)24-11-17-12-25-13-21-17/h5-8,12-15H,9-11H2,1-4H3,(H,20,23). The Morgan fingerprint density at radius 2 is 1.88 bits per heavy atom. The number of carbonyl (C=O) groups is 1. The normalized spacial score (nSPS) is 11.3. The highest BCUT2D eigenvalue weighted by Gasteiger charge is 2.13. The Hall–Kier alpha value is -1.92. The minimum Gasteiger partial charge on any atom is -0.487 e. The van der Waals surface area contributed by atoms with Crippen LogP contribution in [-0.4, -0.2) is 41.0 Å². The van der Waals surface area contributed by atoms with Crippen molar-refractivity contribution in [1.29, 1.82) is 0 Å². The molecule has 0 bridgehead atoms. The zero-order valence-electron chi connectivity index (χ0n) is 15.4. The molecule has 0 atom stereocenters. The minimum atomic E-state index is -0.0569. The van der Waals surface area contributed by atoms with Crippen LogP contribution in [0.3, 0.4) is 0 Å². The molecule has 0 fully saturated rings. The molecule has 1 aromatic carbocycles. The van der Waals surface area contributed by atoms with E-state index in [1.165, 1.54) is 0 Å². The fourth-order valence-corrected chi connectivity index (χ4v) is 3.22. The van der Waals surface area contributed by atoms with Crippen LogP contribution < -0.4 is 10.1 Å². The van der Waals surface area contributed by atoms with Gasteiger partial charge in [0.15, 0.2) is 0 Å². The van der Waals surface area contributed by atoms with E-state index in [2.05, 4.69) is 42.9 Å². The molecule has 0 saturated heterocycles. The first-order valence-electron chi connectivity index (χ1n) is 8.61. The van der Waals surface area contributed by atoms with Crippen molar-refractivity contribution in [2.45, 2.75) is 46.4 Å². The summed E-state index contributed by atoms with van der Waals surface area (Å²) in [4.78, 5) is 18.8. The van der Waals surface area contributed by atoms with E-state index in [4.69, 9.17) is 4.74 Å². The first-order chi connectivity index (χ1) is 12.0. The maximum absolute atomic E-state index is 12.2. The lowest BCUT2D eigenvalue weighted by atomic mass is 10.2. The van der Waals surface area contributed by atoms with Crippen LogP contribution in [0.1, 0.15) is 43.7 Å². The Balaban J connectivity index is 1.79. The molecule has 1 heterocycles. The summed E-state index contributed by atoms with van der Waals surface area (Å²) in [7, 11) is 0. The maximum atomic E-state index is 12.2. The number of hydrogen-bond acceptors (Lipinski definition) is 5. The molecule has 0 spiro atoms. The van der Waals surface area contributed by atoms with E-state index in [1.54, 1.807) is 29.0 Å². The number of rotatable bonds is 9. The summed E-state index contributed by atoms with van der Waals surface area (Å²) in [6.45, 7) is 10.6. The first-order valence-corrected chi connectivity index (χ1v) is 9.55. The fourth-order valence-electron chi connectivity index (χ4n) is 2.68. The van der Waals surface area contributed by atoms with Crippen molar-refractivity contribution in [3.63, 3.8) is 0 Å². The number of nitrogens with one attached hydrogen (secondary N) is 1. The fraction of sp³-hybridized carbons (Fsp3) is 0.474. The Morgan fingerprint density at radius 1 is 1.20 bits per heavy atom. The van der Waals surface area contributed by atoms with Gasteiger partial charge in [-0.05, 0) is 52.0 Å². The van der Waals surface area contributed by atoms with Crippen molar-refractivity contribution < 1.29 is 9.53 Å². The summed E-state index contributed by atoms with van der Waals surface area (Å²) < 4.78 is 5.66. The number of nitrogens with zero attached hydrogens (tertiary/aromatic N) is 2. The highest BCUT2D eigenvalue weighted by atomic mass is 32.1. The number of thiazole rings is 1. The van der Waals surface area contributed by atoms with Crippen molar-refractivity contribution in [2.75, 3.05) is 13.1 Å². The first kappa shape index (κ1) is 19.4. The SMILES string of the molecule is CC(C)N(CCNC(=O)c1ccc(OCc2cscn2)cc1)C(C)C. The monoisotopic (exact) mass is 361 g/mol.